The minimum Gasteiger partial charge on any atom is -0.290 e. The van der Waals surface area contributed by atoms with E-state index in [2.05, 4.69) is 38.8 Å². The summed E-state index contributed by atoms with van der Waals surface area (Å²) >= 11 is 2.00. The smallest absolute Gasteiger partial charge is 0.0400 e. The van der Waals surface area contributed by atoms with Gasteiger partial charge in [0, 0.05) is 27.6 Å². The van der Waals surface area contributed by atoms with E-state index in [0.717, 1.165) is 18.4 Å². The Hall–Kier alpha value is -0.630. The van der Waals surface area contributed by atoms with Crippen LogP contribution in [-0.2, 0) is 0 Å². The normalized spacial score (nSPS) is 25.4. The number of rotatable bonds is 3. The van der Waals surface area contributed by atoms with Crippen LogP contribution >= 0.6 is 11.3 Å². The van der Waals surface area contributed by atoms with Crippen molar-refractivity contribution in [3.8, 4) is 0 Å². The average Bonchev–Trinajstić information content (AvgIpc) is 2.72. The lowest BCUT2D eigenvalue weighted by atomic mass is 9.82. The van der Waals surface area contributed by atoms with Gasteiger partial charge in [-0.05, 0) is 51.5 Å². The molecule has 1 aliphatic rings. The fraction of sp³-hybridized carbons (Fsp3) is 0.688. The second-order valence-corrected chi connectivity index (χ2v) is 6.92. The molecule has 0 saturated heterocycles. The zero-order valence-electron chi connectivity index (χ0n) is 12.1. The molecule has 0 amide bonds. The first kappa shape index (κ1) is 13.8. The van der Waals surface area contributed by atoms with Crippen LogP contribution in [0.2, 0.25) is 0 Å². The topological polar surface area (TPSA) is 12.4 Å². The van der Waals surface area contributed by atoms with Gasteiger partial charge in [0.15, 0.2) is 0 Å². The molecule has 0 bridgehead atoms. The first-order valence-electron chi connectivity index (χ1n) is 7.23. The maximum absolute atomic E-state index is 4.55. The molecule has 0 atom stereocenters. The molecule has 0 spiro atoms. The van der Waals surface area contributed by atoms with E-state index in [-0.39, 0.29) is 0 Å². The molecule has 1 aromatic rings. The highest BCUT2D eigenvalue weighted by atomic mass is 32.1. The molecular formula is C16H25NS. The minimum atomic E-state index is 0.813. The number of thiophene rings is 1. The van der Waals surface area contributed by atoms with E-state index in [9.17, 15) is 0 Å². The van der Waals surface area contributed by atoms with E-state index in [1.165, 1.54) is 41.8 Å². The maximum Gasteiger partial charge on any atom is 0.0400 e. The van der Waals surface area contributed by atoms with Crippen molar-refractivity contribution in [3.05, 3.63) is 21.4 Å². The van der Waals surface area contributed by atoms with Crippen molar-refractivity contribution in [2.75, 3.05) is 6.54 Å². The molecule has 0 radical (unpaired) electrons. The summed E-state index contributed by atoms with van der Waals surface area (Å²) in [5.74, 6) is 1.75. The predicted octanol–water partition coefficient (Wildman–Crippen LogP) is 5.18. The van der Waals surface area contributed by atoms with Crippen molar-refractivity contribution < 1.29 is 0 Å². The summed E-state index contributed by atoms with van der Waals surface area (Å²) in [6.07, 6.45) is 5.56. The van der Waals surface area contributed by atoms with Crippen molar-refractivity contribution in [3.63, 3.8) is 0 Å². The summed E-state index contributed by atoms with van der Waals surface area (Å²) in [5.41, 5.74) is 2.59. The summed E-state index contributed by atoms with van der Waals surface area (Å²) in [4.78, 5) is 7.59. The van der Waals surface area contributed by atoms with Crippen molar-refractivity contribution in [1.29, 1.82) is 0 Å². The van der Waals surface area contributed by atoms with Gasteiger partial charge >= 0.3 is 0 Å². The summed E-state index contributed by atoms with van der Waals surface area (Å²) in [6, 6.07) is 2.41. The second kappa shape index (κ2) is 6.01. The Kier molecular flexibility index (Phi) is 4.60. The van der Waals surface area contributed by atoms with E-state index >= 15 is 0 Å². The van der Waals surface area contributed by atoms with Crippen molar-refractivity contribution in [2.24, 2.45) is 10.9 Å². The van der Waals surface area contributed by atoms with Crippen LogP contribution in [0.1, 0.15) is 67.7 Å². The molecule has 1 saturated carbocycles. The quantitative estimate of drug-likeness (QED) is 0.666. The standard InChI is InChI=1S/C16H25NS/c1-5-17-12(3)15-10-16(18-13(15)4)14-8-6-11(2)7-9-14/h10-11,14H,5-9H2,1-4H3. The highest BCUT2D eigenvalue weighted by Gasteiger charge is 2.22. The molecule has 1 fully saturated rings. The van der Waals surface area contributed by atoms with Gasteiger partial charge < -0.3 is 0 Å². The fourth-order valence-corrected chi connectivity index (χ4v) is 4.18. The Morgan fingerprint density at radius 3 is 2.61 bits per heavy atom. The molecule has 100 valence electrons. The molecule has 1 heterocycles. The van der Waals surface area contributed by atoms with Gasteiger partial charge in [0.05, 0.1) is 0 Å². The van der Waals surface area contributed by atoms with Crippen molar-refractivity contribution in [1.82, 2.24) is 0 Å². The highest BCUT2D eigenvalue weighted by Crippen LogP contribution is 2.39. The lowest BCUT2D eigenvalue weighted by Crippen LogP contribution is -2.09. The van der Waals surface area contributed by atoms with Crippen LogP contribution in [-0.4, -0.2) is 12.3 Å². The monoisotopic (exact) mass is 263 g/mol. The number of aliphatic imine (C=N–C) groups is 1. The van der Waals surface area contributed by atoms with Crippen LogP contribution in [0.15, 0.2) is 11.1 Å². The Morgan fingerprint density at radius 1 is 1.33 bits per heavy atom. The van der Waals surface area contributed by atoms with Gasteiger partial charge in [-0.2, -0.15) is 0 Å². The molecule has 1 aliphatic carbocycles. The van der Waals surface area contributed by atoms with Gasteiger partial charge in [0.25, 0.3) is 0 Å². The second-order valence-electron chi connectivity index (χ2n) is 5.64. The van der Waals surface area contributed by atoms with Gasteiger partial charge in [0.2, 0.25) is 0 Å². The largest absolute Gasteiger partial charge is 0.290 e. The first-order chi connectivity index (χ1) is 8.61. The maximum atomic E-state index is 4.55. The van der Waals surface area contributed by atoms with Gasteiger partial charge in [-0.15, -0.1) is 11.3 Å². The van der Waals surface area contributed by atoms with Crippen LogP contribution in [0.3, 0.4) is 0 Å². The third-order valence-electron chi connectivity index (χ3n) is 4.14. The molecule has 2 heteroatoms. The molecule has 0 aliphatic heterocycles. The number of aryl methyl sites for hydroxylation is 1. The van der Waals surface area contributed by atoms with Gasteiger partial charge in [-0.25, -0.2) is 0 Å². The number of nitrogens with zero attached hydrogens (tertiary/aromatic N) is 1. The number of hydrogen-bond acceptors (Lipinski definition) is 2. The SMILES string of the molecule is CCN=C(C)c1cc(C2CCC(C)CC2)sc1C. The highest BCUT2D eigenvalue weighted by molar-refractivity contribution is 7.12. The Balaban J connectivity index is 2.16. The summed E-state index contributed by atoms with van der Waals surface area (Å²) < 4.78 is 0. The molecule has 1 aromatic heterocycles. The predicted molar refractivity (Wildman–Crippen MR) is 82.2 cm³/mol. The molecule has 1 nitrogen and oxygen atoms in total. The molecule has 18 heavy (non-hydrogen) atoms. The van der Waals surface area contributed by atoms with Crippen molar-refractivity contribution in [2.45, 2.75) is 59.3 Å². The van der Waals surface area contributed by atoms with Crippen LogP contribution in [0.4, 0.5) is 0 Å². The Morgan fingerprint density at radius 2 is 2.00 bits per heavy atom. The molecule has 2 rings (SSSR count). The zero-order chi connectivity index (χ0) is 13.1. The summed E-state index contributed by atoms with van der Waals surface area (Å²) in [5, 5.41) is 0. The average molecular weight is 263 g/mol. The van der Waals surface area contributed by atoms with Crippen LogP contribution < -0.4 is 0 Å². The minimum absolute atomic E-state index is 0.813. The lowest BCUT2D eigenvalue weighted by molar-refractivity contribution is 0.350. The van der Waals surface area contributed by atoms with E-state index in [1.807, 2.05) is 11.3 Å². The third-order valence-corrected chi connectivity index (χ3v) is 5.35. The van der Waals surface area contributed by atoms with Crippen LogP contribution in [0.25, 0.3) is 0 Å². The Bertz CT molecular complexity index is 422. The van der Waals surface area contributed by atoms with Gasteiger partial charge in [-0.1, -0.05) is 19.8 Å². The van der Waals surface area contributed by atoms with E-state index < -0.39 is 0 Å². The molecule has 0 unspecified atom stereocenters. The zero-order valence-corrected chi connectivity index (χ0v) is 12.9. The van der Waals surface area contributed by atoms with Gasteiger partial charge in [-0.3, -0.25) is 4.99 Å². The molecule has 0 N–H and O–H groups in total. The van der Waals surface area contributed by atoms with E-state index in [0.29, 0.717) is 0 Å². The summed E-state index contributed by atoms with van der Waals surface area (Å²) in [7, 11) is 0. The fourth-order valence-electron chi connectivity index (χ4n) is 2.93. The summed E-state index contributed by atoms with van der Waals surface area (Å²) in [6.45, 7) is 9.76. The van der Waals surface area contributed by atoms with E-state index in [4.69, 9.17) is 0 Å². The van der Waals surface area contributed by atoms with Crippen LogP contribution in [0, 0.1) is 12.8 Å². The van der Waals surface area contributed by atoms with Crippen LogP contribution in [0.5, 0.6) is 0 Å². The number of hydrogen-bond donors (Lipinski definition) is 0. The molecular weight excluding hydrogens is 238 g/mol. The Labute approximate surface area is 115 Å². The first-order valence-corrected chi connectivity index (χ1v) is 8.05. The molecule has 0 aromatic carbocycles. The third kappa shape index (κ3) is 3.03. The lowest BCUT2D eigenvalue weighted by Gasteiger charge is -2.25. The van der Waals surface area contributed by atoms with E-state index in [1.54, 1.807) is 4.88 Å². The van der Waals surface area contributed by atoms with Gasteiger partial charge in [0.1, 0.15) is 0 Å². The van der Waals surface area contributed by atoms with Crippen molar-refractivity contribution >= 4 is 17.0 Å².